The molecule has 2 rings (SSSR count). The first-order chi connectivity index (χ1) is 8.79. The van der Waals surface area contributed by atoms with Gasteiger partial charge in [-0.25, -0.2) is 0 Å². The van der Waals surface area contributed by atoms with Crippen molar-refractivity contribution in [3.05, 3.63) is 41.6 Å². The van der Waals surface area contributed by atoms with Gasteiger partial charge in [0.15, 0.2) is 5.15 Å². The van der Waals surface area contributed by atoms with Crippen molar-refractivity contribution in [3.8, 4) is 11.3 Å². The lowest BCUT2D eigenvalue weighted by molar-refractivity contribution is 0.896. The van der Waals surface area contributed by atoms with Crippen LogP contribution in [0.1, 0.15) is 19.8 Å². The summed E-state index contributed by atoms with van der Waals surface area (Å²) < 4.78 is 0. The molecule has 0 bridgehead atoms. The largest absolute Gasteiger partial charge is 0.151 e. The van der Waals surface area contributed by atoms with Crippen LogP contribution in [0, 0.1) is 0 Å². The molecule has 2 nitrogen and oxygen atoms in total. The highest BCUT2D eigenvalue weighted by Gasteiger charge is 2.01. The lowest BCUT2D eigenvalue weighted by atomic mass is 10.1. The molecule has 0 radical (unpaired) electrons. The zero-order valence-corrected chi connectivity index (χ0v) is 11.8. The lowest BCUT2D eigenvalue weighted by Gasteiger charge is -2.03. The van der Waals surface area contributed by atoms with E-state index in [1.165, 1.54) is 23.5 Å². The van der Waals surface area contributed by atoms with Crippen molar-refractivity contribution in [1.82, 2.24) is 10.2 Å². The van der Waals surface area contributed by atoms with E-state index in [2.05, 4.69) is 41.4 Å². The van der Waals surface area contributed by atoms with Gasteiger partial charge in [-0.1, -0.05) is 37.1 Å². The topological polar surface area (TPSA) is 25.8 Å². The highest BCUT2D eigenvalue weighted by atomic mass is 35.5. The second-order valence-electron chi connectivity index (χ2n) is 3.97. The summed E-state index contributed by atoms with van der Waals surface area (Å²) in [7, 11) is 0. The Bertz CT molecular complexity index is 482. The molecule has 0 aliphatic heterocycles. The zero-order chi connectivity index (χ0) is 12.8. The molecule has 0 aliphatic carbocycles. The van der Waals surface area contributed by atoms with Gasteiger partial charge in [0.2, 0.25) is 0 Å². The van der Waals surface area contributed by atoms with Crippen LogP contribution in [0.5, 0.6) is 0 Å². The number of halogens is 1. The van der Waals surface area contributed by atoms with Crippen LogP contribution in [0.4, 0.5) is 0 Å². The first-order valence-electron chi connectivity index (χ1n) is 6.02. The van der Waals surface area contributed by atoms with Gasteiger partial charge in [0, 0.05) is 10.5 Å². The van der Waals surface area contributed by atoms with Crippen molar-refractivity contribution >= 4 is 23.4 Å². The normalized spacial score (nSPS) is 10.6. The SMILES string of the molecule is CCCCSc1ccc(-c2ccc(Cl)nn2)cc1. The van der Waals surface area contributed by atoms with E-state index in [0.29, 0.717) is 5.15 Å². The first kappa shape index (κ1) is 13.4. The Kier molecular flexibility index (Phi) is 5.02. The van der Waals surface area contributed by atoms with Crippen LogP contribution in [-0.4, -0.2) is 16.0 Å². The Morgan fingerprint density at radius 1 is 1.06 bits per heavy atom. The Labute approximate surface area is 117 Å². The summed E-state index contributed by atoms with van der Waals surface area (Å²) >= 11 is 7.61. The fourth-order valence-corrected chi connectivity index (χ4v) is 2.62. The summed E-state index contributed by atoms with van der Waals surface area (Å²) in [6.07, 6.45) is 2.50. The van der Waals surface area contributed by atoms with Gasteiger partial charge in [-0.3, -0.25) is 0 Å². The number of aromatic nitrogens is 2. The van der Waals surface area contributed by atoms with Crippen molar-refractivity contribution in [2.45, 2.75) is 24.7 Å². The maximum Gasteiger partial charge on any atom is 0.151 e. The van der Waals surface area contributed by atoms with Crippen LogP contribution >= 0.6 is 23.4 Å². The summed E-state index contributed by atoms with van der Waals surface area (Å²) in [5, 5.41) is 8.34. The van der Waals surface area contributed by atoms with Crippen molar-refractivity contribution in [2.75, 3.05) is 5.75 Å². The molecule has 0 N–H and O–H groups in total. The van der Waals surface area contributed by atoms with Crippen LogP contribution in [0.3, 0.4) is 0 Å². The lowest BCUT2D eigenvalue weighted by Crippen LogP contribution is -1.87. The van der Waals surface area contributed by atoms with E-state index < -0.39 is 0 Å². The molecule has 0 saturated carbocycles. The second kappa shape index (κ2) is 6.76. The van der Waals surface area contributed by atoms with Gasteiger partial charge in [0.1, 0.15) is 0 Å². The highest BCUT2D eigenvalue weighted by Crippen LogP contribution is 2.23. The third kappa shape index (κ3) is 3.72. The average molecular weight is 279 g/mol. The van der Waals surface area contributed by atoms with Crippen LogP contribution in [0.15, 0.2) is 41.3 Å². The van der Waals surface area contributed by atoms with E-state index in [1.54, 1.807) is 6.07 Å². The quantitative estimate of drug-likeness (QED) is 0.586. The van der Waals surface area contributed by atoms with Crippen molar-refractivity contribution in [2.24, 2.45) is 0 Å². The third-order valence-corrected chi connectivity index (χ3v) is 3.85. The molecule has 18 heavy (non-hydrogen) atoms. The van der Waals surface area contributed by atoms with E-state index in [1.807, 2.05) is 17.8 Å². The minimum Gasteiger partial charge on any atom is -0.149 e. The van der Waals surface area contributed by atoms with Crippen LogP contribution in [-0.2, 0) is 0 Å². The van der Waals surface area contributed by atoms with Gasteiger partial charge in [0.05, 0.1) is 5.69 Å². The number of unbranched alkanes of at least 4 members (excludes halogenated alkanes) is 1. The second-order valence-corrected chi connectivity index (χ2v) is 5.52. The van der Waals surface area contributed by atoms with E-state index in [9.17, 15) is 0 Å². The Morgan fingerprint density at radius 2 is 1.83 bits per heavy atom. The summed E-state index contributed by atoms with van der Waals surface area (Å²) in [5.41, 5.74) is 1.92. The Morgan fingerprint density at radius 3 is 2.44 bits per heavy atom. The minimum atomic E-state index is 0.422. The van der Waals surface area contributed by atoms with Crippen LogP contribution in [0.25, 0.3) is 11.3 Å². The third-order valence-electron chi connectivity index (χ3n) is 2.55. The summed E-state index contributed by atoms with van der Waals surface area (Å²) in [6, 6.07) is 12.1. The fourth-order valence-electron chi connectivity index (χ4n) is 1.53. The molecule has 0 saturated heterocycles. The predicted molar refractivity (Wildman–Crippen MR) is 78.1 cm³/mol. The summed E-state index contributed by atoms with van der Waals surface area (Å²) in [4.78, 5) is 1.30. The fraction of sp³-hybridized carbons (Fsp3) is 0.286. The van der Waals surface area contributed by atoms with Crippen molar-refractivity contribution in [1.29, 1.82) is 0 Å². The maximum absolute atomic E-state index is 5.72. The standard InChI is InChI=1S/C14H15ClN2S/c1-2-3-10-18-12-6-4-11(5-7-12)13-8-9-14(15)17-16-13/h4-9H,2-3,10H2,1H3. The first-order valence-corrected chi connectivity index (χ1v) is 7.38. The number of rotatable bonds is 5. The monoisotopic (exact) mass is 278 g/mol. The molecule has 94 valence electrons. The molecule has 0 atom stereocenters. The number of thioether (sulfide) groups is 1. The van der Waals surface area contributed by atoms with E-state index >= 15 is 0 Å². The number of benzene rings is 1. The van der Waals surface area contributed by atoms with Gasteiger partial charge in [0.25, 0.3) is 0 Å². The predicted octanol–water partition coefficient (Wildman–Crippen LogP) is 4.69. The Balaban J connectivity index is 2.05. The van der Waals surface area contributed by atoms with Gasteiger partial charge in [-0.05, 0) is 36.4 Å². The molecule has 0 fully saturated rings. The molecule has 0 spiro atoms. The van der Waals surface area contributed by atoms with Gasteiger partial charge >= 0.3 is 0 Å². The van der Waals surface area contributed by atoms with E-state index in [-0.39, 0.29) is 0 Å². The number of nitrogens with zero attached hydrogens (tertiary/aromatic N) is 2. The molecule has 2 aromatic rings. The molecular weight excluding hydrogens is 264 g/mol. The average Bonchev–Trinajstić information content (AvgIpc) is 2.41. The van der Waals surface area contributed by atoms with E-state index in [4.69, 9.17) is 11.6 Å². The summed E-state index contributed by atoms with van der Waals surface area (Å²) in [5.74, 6) is 1.18. The van der Waals surface area contributed by atoms with Crippen LogP contribution < -0.4 is 0 Å². The Hall–Kier alpha value is -1.06. The molecule has 0 amide bonds. The number of hydrogen-bond acceptors (Lipinski definition) is 3. The molecule has 1 heterocycles. The van der Waals surface area contributed by atoms with Crippen LogP contribution in [0.2, 0.25) is 5.15 Å². The minimum absolute atomic E-state index is 0.422. The van der Waals surface area contributed by atoms with Gasteiger partial charge < -0.3 is 0 Å². The molecule has 1 aromatic carbocycles. The highest BCUT2D eigenvalue weighted by molar-refractivity contribution is 7.99. The van der Waals surface area contributed by atoms with E-state index in [0.717, 1.165) is 11.3 Å². The zero-order valence-electron chi connectivity index (χ0n) is 10.3. The van der Waals surface area contributed by atoms with Gasteiger partial charge in [-0.2, -0.15) is 0 Å². The molecule has 0 aliphatic rings. The summed E-state index contributed by atoms with van der Waals surface area (Å²) in [6.45, 7) is 2.21. The van der Waals surface area contributed by atoms with Gasteiger partial charge in [-0.15, -0.1) is 22.0 Å². The molecule has 1 aromatic heterocycles. The molecule has 4 heteroatoms. The molecule has 0 unspecified atom stereocenters. The smallest absolute Gasteiger partial charge is 0.149 e. The maximum atomic E-state index is 5.72. The van der Waals surface area contributed by atoms with Crippen molar-refractivity contribution in [3.63, 3.8) is 0 Å². The number of hydrogen-bond donors (Lipinski definition) is 0. The van der Waals surface area contributed by atoms with Crippen molar-refractivity contribution < 1.29 is 0 Å². The molecular formula is C14H15ClN2S.